The second kappa shape index (κ2) is 4.94. The van der Waals surface area contributed by atoms with E-state index in [-0.39, 0.29) is 5.60 Å². The highest BCUT2D eigenvalue weighted by atomic mass is 16.5. The summed E-state index contributed by atoms with van der Waals surface area (Å²) in [6.07, 6.45) is 3.20. The van der Waals surface area contributed by atoms with Gasteiger partial charge in [-0.25, -0.2) is 0 Å². The number of rotatable bonds is 4. The van der Waals surface area contributed by atoms with E-state index in [2.05, 4.69) is 12.2 Å². The van der Waals surface area contributed by atoms with E-state index in [9.17, 15) is 0 Å². The summed E-state index contributed by atoms with van der Waals surface area (Å²) in [5, 5.41) is 3.32. The second-order valence-corrected chi connectivity index (χ2v) is 3.80. The van der Waals surface area contributed by atoms with Crippen molar-refractivity contribution in [2.24, 2.45) is 0 Å². The first-order chi connectivity index (χ1) is 6.26. The fraction of sp³-hybridized carbons (Fsp3) is 1.00. The van der Waals surface area contributed by atoms with Crippen molar-refractivity contribution in [3.8, 4) is 0 Å². The molecular formula is C10H21NO2. The Labute approximate surface area is 80.8 Å². The summed E-state index contributed by atoms with van der Waals surface area (Å²) in [7, 11) is 3.76. The van der Waals surface area contributed by atoms with E-state index >= 15 is 0 Å². The molecule has 2 unspecified atom stereocenters. The van der Waals surface area contributed by atoms with Crippen LogP contribution in [0.1, 0.15) is 26.2 Å². The van der Waals surface area contributed by atoms with Crippen molar-refractivity contribution < 1.29 is 9.47 Å². The molecule has 0 bridgehead atoms. The van der Waals surface area contributed by atoms with E-state index in [1.165, 1.54) is 0 Å². The Kier molecular flexibility index (Phi) is 4.16. The van der Waals surface area contributed by atoms with Gasteiger partial charge in [0.15, 0.2) is 0 Å². The molecule has 0 aliphatic carbocycles. The molecule has 0 radical (unpaired) electrons. The molecule has 1 fully saturated rings. The van der Waals surface area contributed by atoms with Crippen LogP contribution in [0.3, 0.4) is 0 Å². The molecule has 0 spiro atoms. The molecule has 1 rings (SSSR count). The van der Waals surface area contributed by atoms with Crippen LogP contribution in [0, 0.1) is 0 Å². The summed E-state index contributed by atoms with van der Waals surface area (Å²) in [6.45, 7) is 3.72. The van der Waals surface area contributed by atoms with E-state index < -0.39 is 0 Å². The zero-order valence-electron chi connectivity index (χ0n) is 8.93. The van der Waals surface area contributed by atoms with Crippen LogP contribution in [-0.4, -0.2) is 39.0 Å². The van der Waals surface area contributed by atoms with Gasteiger partial charge in [-0.2, -0.15) is 0 Å². The SMILES string of the molecule is CCC1(COC)CC(NC)CCO1. The molecule has 0 aromatic carbocycles. The monoisotopic (exact) mass is 187 g/mol. The van der Waals surface area contributed by atoms with Crippen molar-refractivity contribution >= 4 is 0 Å². The lowest BCUT2D eigenvalue weighted by Crippen LogP contribution is -2.48. The minimum absolute atomic E-state index is 0.0410. The Morgan fingerprint density at radius 3 is 2.92 bits per heavy atom. The average Bonchev–Trinajstić information content (AvgIpc) is 2.19. The fourth-order valence-electron chi connectivity index (χ4n) is 1.99. The van der Waals surface area contributed by atoms with Crippen LogP contribution in [0.2, 0.25) is 0 Å². The fourth-order valence-corrected chi connectivity index (χ4v) is 1.99. The molecule has 1 heterocycles. The van der Waals surface area contributed by atoms with Gasteiger partial charge in [0.05, 0.1) is 12.2 Å². The maximum Gasteiger partial charge on any atom is 0.0926 e. The molecule has 2 atom stereocenters. The molecule has 1 N–H and O–H groups in total. The third-order valence-electron chi connectivity index (χ3n) is 2.95. The molecule has 3 heteroatoms. The standard InChI is InChI=1S/C10H21NO2/c1-4-10(8-12-3)7-9(11-2)5-6-13-10/h9,11H,4-8H2,1-3H3. The number of nitrogens with one attached hydrogen (secondary N) is 1. The maximum absolute atomic E-state index is 5.82. The lowest BCUT2D eigenvalue weighted by Gasteiger charge is -2.39. The Bertz CT molecular complexity index is 148. The summed E-state index contributed by atoms with van der Waals surface area (Å²) in [5.74, 6) is 0. The molecule has 3 nitrogen and oxygen atoms in total. The van der Waals surface area contributed by atoms with Crippen molar-refractivity contribution in [3.05, 3.63) is 0 Å². The molecule has 0 aromatic heterocycles. The van der Waals surface area contributed by atoms with Crippen molar-refractivity contribution in [3.63, 3.8) is 0 Å². The van der Waals surface area contributed by atoms with Gasteiger partial charge in [0.2, 0.25) is 0 Å². The number of hydrogen-bond donors (Lipinski definition) is 1. The zero-order valence-corrected chi connectivity index (χ0v) is 8.93. The Hall–Kier alpha value is -0.120. The molecule has 1 aliphatic rings. The number of hydrogen-bond acceptors (Lipinski definition) is 3. The predicted octanol–water partition coefficient (Wildman–Crippen LogP) is 1.18. The second-order valence-electron chi connectivity index (χ2n) is 3.80. The molecule has 0 saturated carbocycles. The predicted molar refractivity (Wildman–Crippen MR) is 52.9 cm³/mol. The van der Waals surface area contributed by atoms with Crippen LogP contribution in [0.5, 0.6) is 0 Å². The van der Waals surface area contributed by atoms with Gasteiger partial charge < -0.3 is 14.8 Å². The summed E-state index contributed by atoms with van der Waals surface area (Å²) < 4.78 is 11.0. The molecule has 0 amide bonds. The topological polar surface area (TPSA) is 30.5 Å². The van der Waals surface area contributed by atoms with E-state index in [1.54, 1.807) is 7.11 Å². The normalized spacial score (nSPS) is 34.8. The van der Waals surface area contributed by atoms with E-state index in [0.29, 0.717) is 12.6 Å². The summed E-state index contributed by atoms with van der Waals surface area (Å²) >= 11 is 0. The average molecular weight is 187 g/mol. The van der Waals surface area contributed by atoms with E-state index in [0.717, 1.165) is 25.9 Å². The van der Waals surface area contributed by atoms with Crippen LogP contribution in [0.15, 0.2) is 0 Å². The Morgan fingerprint density at radius 1 is 1.62 bits per heavy atom. The lowest BCUT2D eigenvalue weighted by molar-refractivity contribution is -0.124. The third-order valence-corrected chi connectivity index (χ3v) is 2.95. The van der Waals surface area contributed by atoms with Crippen molar-refractivity contribution in [2.75, 3.05) is 27.4 Å². The van der Waals surface area contributed by atoms with Gasteiger partial charge >= 0.3 is 0 Å². The third kappa shape index (κ3) is 2.66. The van der Waals surface area contributed by atoms with Crippen molar-refractivity contribution in [1.82, 2.24) is 5.32 Å². The quantitative estimate of drug-likeness (QED) is 0.717. The summed E-state index contributed by atoms with van der Waals surface area (Å²) in [4.78, 5) is 0. The first-order valence-corrected chi connectivity index (χ1v) is 5.06. The summed E-state index contributed by atoms with van der Waals surface area (Å²) in [6, 6.07) is 0.587. The van der Waals surface area contributed by atoms with Crippen molar-refractivity contribution in [1.29, 1.82) is 0 Å². The van der Waals surface area contributed by atoms with Gasteiger partial charge in [-0.3, -0.25) is 0 Å². The van der Waals surface area contributed by atoms with Gasteiger partial charge in [-0.1, -0.05) is 6.92 Å². The van der Waals surface area contributed by atoms with Crippen LogP contribution < -0.4 is 5.32 Å². The maximum atomic E-state index is 5.82. The highest BCUT2D eigenvalue weighted by Gasteiger charge is 2.35. The Balaban J connectivity index is 2.53. The first kappa shape index (κ1) is 11.0. The van der Waals surface area contributed by atoms with Crippen molar-refractivity contribution in [2.45, 2.75) is 37.8 Å². The lowest BCUT2D eigenvalue weighted by atomic mass is 9.89. The molecule has 0 aromatic rings. The first-order valence-electron chi connectivity index (χ1n) is 5.06. The smallest absolute Gasteiger partial charge is 0.0926 e. The van der Waals surface area contributed by atoms with Gasteiger partial charge in [-0.05, 0) is 26.3 Å². The minimum Gasteiger partial charge on any atom is -0.382 e. The van der Waals surface area contributed by atoms with Gasteiger partial charge in [0.25, 0.3) is 0 Å². The van der Waals surface area contributed by atoms with Crippen LogP contribution in [-0.2, 0) is 9.47 Å². The van der Waals surface area contributed by atoms with Crippen LogP contribution >= 0.6 is 0 Å². The number of methoxy groups -OCH3 is 1. The molecule has 13 heavy (non-hydrogen) atoms. The van der Waals surface area contributed by atoms with Crippen LogP contribution in [0.4, 0.5) is 0 Å². The zero-order chi connectivity index (χ0) is 9.73. The number of ether oxygens (including phenoxy) is 2. The molecule has 78 valence electrons. The van der Waals surface area contributed by atoms with Crippen LogP contribution in [0.25, 0.3) is 0 Å². The van der Waals surface area contributed by atoms with E-state index in [1.807, 2.05) is 7.05 Å². The summed E-state index contributed by atoms with van der Waals surface area (Å²) in [5.41, 5.74) is -0.0410. The highest BCUT2D eigenvalue weighted by molar-refractivity contribution is 4.88. The van der Waals surface area contributed by atoms with Gasteiger partial charge in [0, 0.05) is 19.8 Å². The molecular weight excluding hydrogens is 166 g/mol. The molecule has 1 saturated heterocycles. The van der Waals surface area contributed by atoms with Gasteiger partial charge in [-0.15, -0.1) is 0 Å². The largest absolute Gasteiger partial charge is 0.382 e. The minimum atomic E-state index is -0.0410. The highest BCUT2D eigenvalue weighted by Crippen LogP contribution is 2.28. The Morgan fingerprint density at radius 2 is 2.38 bits per heavy atom. The van der Waals surface area contributed by atoms with E-state index in [4.69, 9.17) is 9.47 Å². The van der Waals surface area contributed by atoms with Gasteiger partial charge in [0.1, 0.15) is 0 Å². The molecule has 1 aliphatic heterocycles.